The summed E-state index contributed by atoms with van der Waals surface area (Å²) in [5.74, 6) is 0.300. The molecule has 200 valence electrons. The fourth-order valence-corrected chi connectivity index (χ4v) is 1.73. The summed E-state index contributed by atoms with van der Waals surface area (Å²) in [7, 11) is 0. The van der Waals surface area contributed by atoms with Gasteiger partial charge in [-0.05, 0) is 73.8 Å². The third-order valence-electron chi connectivity index (χ3n) is 3.00. The second-order valence-corrected chi connectivity index (χ2v) is 9.99. The average molecular weight is 526 g/mol. The van der Waals surface area contributed by atoms with Gasteiger partial charge in [0.25, 0.3) is 0 Å². The van der Waals surface area contributed by atoms with Gasteiger partial charge >= 0.3 is 21.7 Å². The Balaban J connectivity index is -0.000000135. The molecule has 0 heterocycles. The summed E-state index contributed by atoms with van der Waals surface area (Å²) in [6, 6.07) is 5.56. The second-order valence-electron chi connectivity index (χ2n) is 9.99. The van der Waals surface area contributed by atoms with Gasteiger partial charge in [0.05, 0.1) is 6.61 Å². The summed E-state index contributed by atoms with van der Waals surface area (Å²) in [5, 5.41) is 54.6. The van der Waals surface area contributed by atoms with Crippen molar-refractivity contribution in [3.05, 3.63) is 29.3 Å². The van der Waals surface area contributed by atoms with Crippen LogP contribution in [0, 0.1) is 12.3 Å². The van der Waals surface area contributed by atoms with Gasteiger partial charge in [-0.3, -0.25) is 0 Å². The molecule has 0 saturated heterocycles. The maximum atomic E-state index is 9.72. The number of phenols is 1. The molecule has 0 spiro atoms. The molecule has 0 bridgehead atoms. The first kappa shape index (κ1) is 43.6. The molecule has 0 aromatic heterocycles. The Morgan fingerprint density at radius 1 is 0.765 bits per heavy atom. The van der Waals surface area contributed by atoms with E-state index < -0.39 is 0 Å². The molecule has 1 rings (SSSR count). The van der Waals surface area contributed by atoms with Crippen molar-refractivity contribution in [2.75, 3.05) is 6.61 Å². The number of hydrogen-bond donors (Lipinski definition) is 7. The van der Waals surface area contributed by atoms with Gasteiger partial charge in [0.1, 0.15) is 5.75 Å². The summed E-state index contributed by atoms with van der Waals surface area (Å²) in [5.41, 5.74) is 1.98. The van der Waals surface area contributed by atoms with Gasteiger partial charge in [0.2, 0.25) is 0 Å². The first-order valence-corrected chi connectivity index (χ1v) is 11.6. The van der Waals surface area contributed by atoms with E-state index in [1.54, 1.807) is 61.5 Å². The van der Waals surface area contributed by atoms with Crippen molar-refractivity contribution in [3.8, 4) is 5.75 Å². The number of aryl methyl sites for hydroxylation is 1. The summed E-state index contributed by atoms with van der Waals surface area (Å²) < 4.78 is 0. The van der Waals surface area contributed by atoms with Crippen molar-refractivity contribution in [1.82, 2.24) is 5.32 Å². The minimum absolute atomic E-state index is 0. The third-order valence-corrected chi connectivity index (χ3v) is 3.00. The van der Waals surface area contributed by atoms with E-state index in [1.165, 1.54) is 0 Å². The Bertz CT molecular complexity index is 512. The molecule has 1 aromatic rings. The molecule has 0 saturated carbocycles. The van der Waals surface area contributed by atoms with Crippen LogP contribution in [-0.2, 0) is 28.3 Å². The first-order chi connectivity index (χ1) is 14.8. The molecule has 8 heteroatoms. The van der Waals surface area contributed by atoms with E-state index in [1.807, 2.05) is 19.1 Å². The van der Waals surface area contributed by atoms with Crippen LogP contribution >= 0.6 is 0 Å². The second kappa shape index (κ2) is 25.6. The molecule has 0 aliphatic heterocycles. The van der Waals surface area contributed by atoms with Crippen LogP contribution in [0.2, 0.25) is 0 Å². The largest absolute Gasteiger partial charge is 4.00 e. The van der Waals surface area contributed by atoms with E-state index in [0.717, 1.165) is 11.1 Å². The van der Waals surface area contributed by atoms with E-state index in [4.69, 9.17) is 20.4 Å². The molecule has 7 nitrogen and oxygen atoms in total. The van der Waals surface area contributed by atoms with Gasteiger partial charge in [-0.2, -0.15) is 0 Å². The third kappa shape index (κ3) is 45.1. The SMILES string of the molecule is CC(C)O.CC(C)O.CC(C)O.CC(C)O.Cc1ccc(O)c(CN[C@H](CO)C(C)(C)C)c1.[Ti+4]. The van der Waals surface area contributed by atoms with E-state index in [-0.39, 0.29) is 64.2 Å². The van der Waals surface area contributed by atoms with Gasteiger partial charge in [-0.1, -0.05) is 38.5 Å². The van der Waals surface area contributed by atoms with Gasteiger partial charge in [-0.25, -0.2) is 0 Å². The minimum atomic E-state index is -0.167. The van der Waals surface area contributed by atoms with Crippen molar-refractivity contribution in [3.63, 3.8) is 0 Å². The summed E-state index contributed by atoms with van der Waals surface area (Å²) in [6.45, 7) is 22.7. The van der Waals surface area contributed by atoms with E-state index in [9.17, 15) is 10.2 Å². The average Bonchev–Trinajstić information content (AvgIpc) is 2.55. The summed E-state index contributed by atoms with van der Waals surface area (Å²) in [4.78, 5) is 0. The van der Waals surface area contributed by atoms with Crippen LogP contribution in [0.25, 0.3) is 0 Å². The molecular weight excluding hydrogens is 470 g/mol. The fraction of sp³-hybridized carbons (Fsp3) is 0.769. The molecule has 0 aliphatic carbocycles. The number of hydrogen-bond acceptors (Lipinski definition) is 7. The molecule has 0 radical (unpaired) electrons. The van der Waals surface area contributed by atoms with Crippen molar-refractivity contribution in [2.45, 2.75) is 120 Å². The normalized spacial score (nSPS) is 11.1. The van der Waals surface area contributed by atoms with E-state index in [0.29, 0.717) is 12.3 Å². The van der Waals surface area contributed by atoms with Crippen molar-refractivity contribution < 1.29 is 52.4 Å². The monoisotopic (exact) mass is 525 g/mol. The molecule has 1 atom stereocenters. The maximum absolute atomic E-state index is 9.72. The zero-order valence-corrected chi connectivity index (χ0v) is 25.3. The van der Waals surface area contributed by atoms with Crippen LogP contribution in [-0.4, -0.2) is 67.7 Å². The van der Waals surface area contributed by atoms with Crippen molar-refractivity contribution in [2.24, 2.45) is 5.41 Å². The van der Waals surface area contributed by atoms with Gasteiger partial charge < -0.3 is 36.0 Å². The fourth-order valence-electron chi connectivity index (χ4n) is 1.73. The van der Waals surface area contributed by atoms with E-state index in [2.05, 4.69) is 26.1 Å². The molecule has 1 aromatic carbocycles. The summed E-state index contributed by atoms with van der Waals surface area (Å²) >= 11 is 0. The van der Waals surface area contributed by atoms with Crippen molar-refractivity contribution in [1.29, 1.82) is 0 Å². The van der Waals surface area contributed by atoms with Crippen LogP contribution in [0.3, 0.4) is 0 Å². The summed E-state index contributed by atoms with van der Waals surface area (Å²) in [6.07, 6.45) is -0.667. The van der Waals surface area contributed by atoms with Gasteiger partial charge in [-0.15, -0.1) is 0 Å². The maximum Gasteiger partial charge on any atom is 4.00 e. The zero-order chi connectivity index (χ0) is 27.4. The number of phenolic OH excluding ortho intramolecular Hbond substituents is 1. The Labute approximate surface area is 224 Å². The molecule has 0 fully saturated rings. The number of aliphatic hydroxyl groups excluding tert-OH is 5. The number of rotatable bonds is 4. The topological polar surface area (TPSA) is 133 Å². The molecular formula is C26H55NO6Ti+4. The quantitative estimate of drug-likeness (QED) is 0.298. The Hall–Kier alpha value is -0.506. The number of benzene rings is 1. The van der Waals surface area contributed by atoms with Crippen LogP contribution in [0.4, 0.5) is 0 Å². The van der Waals surface area contributed by atoms with Gasteiger partial charge in [0, 0.05) is 42.6 Å². The van der Waals surface area contributed by atoms with Crippen molar-refractivity contribution >= 4 is 0 Å². The van der Waals surface area contributed by atoms with Crippen LogP contribution in [0.1, 0.15) is 87.3 Å². The van der Waals surface area contributed by atoms with Gasteiger partial charge in [0.15, 0.2) is 0 Å². The number of aliphatic hydroxyl groups is 5. The minimum Gasteiger partial charge on any atom is -0.508 e. The Kier molecular flexibility index (Phi) is 32.8. The Morgan fingerprint density at radius 3 is 1.35 bits per heavy atom. The van der Waals surface area contributed by atoms with Crippen LogP contribution < -0.4 is 5.32 Å². The first-order valence-electron chi connectivity index (χ1n) is 11.6. The standard InChI is InChI=1S/C14H23NO2.4C3H8O.Ti/c1-10-5-6-12(17)11(7-10)8-15-13(9-16)14(2,3)4;4*1-3(2)4;/h5-7,13,15-17H,8-9H2,1-4H3;4*3-4H,1-2H3;/q;;;;;+4/t13-;;;;;/m1...../s1. The molecule has 0 amide bonds. The molecule has 7 N–H and O–H groups in total. The molecule has 0 aliphatic rings. The predicted octanol–water partition coefficient (Wildman–Crippen LogP) is 3.74. The van der Waals surface area contributed by atoms with Crippen LogP contribution in [0.15, 0.2) is 18.2 Å². The molecule has 0 unspecified atom stereocenters. The predicted molar refractivity (Wildman–Crippen MR) is 139 cm³/mol. The number of nitrogens with one attached hydrogen (secondary N) is 1. The molecule has 34 heavy (non-hydrogen) atoms. The zero-order valence-electron chi connectivity index (χ0n) is 23.7. The smallest absolute Gasteiger partial charge is 0.508 e. The Morgan fingerprint density at radius 2 is 1.09 bits per heavy atom. The van der Waals surface area contributed by atoms with E-state index >= 15 is 0 Å². The van der Waals surface area contributed by atoms with Crippen LogP contribution in [0.5, 0.6) is 5.75 Å². The number of aromatic hydroxyl groups is 1.